The minimum absolute atomic E-state index is 0.0766. The second-order valence-corrected chi connectivity index (χ2v) is 8.95. The molecule has 0 saturated carbocycles. The predicted octanol–water partition coefficient (Wildman–Crippen LogP) is 0.773. The molecule has 0 bridgehead atoms. The van der Waals surface area contributed by atoms with Gasteiger partial charge in [0.2, 0.25) is 10.0 Å². The molecular formula is C9H11BrN2O4S2. The number of nitrogens with one attached hydrogen (secondary N) is 1. The van der Waals surface area contributed by atoms with Gasteiger partial charge in [-0.05, 0) is 34.5 Å². The third kappa shape index (κ3) is 3.01. The highest BCUT2D eigenvalue weighted by atomic mass is 79.9. The van der Waals surface area contributed by atoms with Crippen molar-refractivity contribution < 1.29 is 16.8 Å². The lowest BCUT2D eigenvalue weighted by atomic mass is 10.4. The van der Waals surface area contributed by atoms with Gasteiger partial charge in [-0.2, -0.15) is 0 Å². The molecule has 0 amide bonds. The van der Waals surface area contributed by atoms with Gasteiger partial charge in [-0.15, -0.1) is 0 Å². The highest BCUT2D eigenvalue weighted by Crippen LogP contribution is 2.24. The highest BCUT2D eigenvalue weighted by Gasteiger charge is 2.37. The van der Waals surface area contributed by atoms with E-state index in [1.54, 1.807) is 12.1 Å². The highest BCUT2D eigenvalue weighted by molar-refractivity contribution is 9.10. The minimum atomic E-state index is -3.71. The SMILES string of the molecule is O=S1(=O)CCC(S(=O)(=O)Nc2cccnc2Br)C1. The van der Waals surface area contributed by atoms with Crippen molar-refractivity contribution >= 4 is 41.5 Å². The number of pyridine rings is 1. The third-order valence-corrected chi connectivity index (χ3v) is 7.04. The average molecular weight is 355 g/mol. The molecule has 18 heavy (non-hydrogen) atoms. The zero-order valence-corrected chi connectivity index (χ0v) is 12.4. The van der Waals surface area contributed by atoms with E-state index < -0.39 is 25.1 Å². The number of sulfone groups is 1. The number of halogens is 1. The molecule has 1 aliphatic rings. The lowest BCUT2D eigenvalue weighted by molar-refractivity contribution is 0.587. The molecule has 100 valence electrons. The van der Waals surface area contributed by atoms with Crippen molar-refractivity contribution in [2.24, 2.45) is 0 Å². The summed E-state index contributed by atoms with van der Waals surface area (Å²) in [6.07, 6.45) is 1.65. The Morgan fingerprint density at radius 2 is 2.17 bits per heavy atom. The fraction of sp³-hybridized carbons (Fsp3) is 0.444. The Hall–Kier alpha value is -0.670. The first-order chi connectivity index (χ1) is 8.30. The number of hydrogen-bond acceptors (Lipinski definition) is 5. The van der Waals surface area contributed by atoms with E-state index >= 15 is 0 Å². The smallest absolute Gasteiger partial charge is 0.236 e. The normalized spacial score (nSPS) is 22.8. The first-order valence-corrected chi connectivity index (χ1v) is 9.29. The van der Waals surface area contributed by atoms with Crippen molar-refractivity contribution in [1.29, 1.82) is 0 Å². The van der Waals surface area contributed by atoms with Crippen LogP contribution in [0.2, 0.25) is 0 Å². The molecule has 9 heteroatoms. The molecule has 0 radical (unpaired) electrons. The maximum Gasteiger partial charge on any atom is 0.236 e. The van der Waals surface area contributed by atoms with Gasteiger partial charge in [-0.3, -0.25) is 4.72 Å². The summed E-state index contributed by atoms with van der Waals surface area (Å²) >= 11 is 3.12. The molecule has 1 aliphatic heterocycles. The maximum atomic E-state index is 12.0. The van der Waals surface area contributed by atoms with Gasteiger partial charge in [0.05, 0.1) is 22.4 Å². The minimum Gasteiger partial charge on any atom is -0.281 e. The molecule has 0 spiro atoms. The summed E-state index contributed by atoms with van der Waals surface area (Å²) in [6.45, 7) is 0. The van der Waals surface area contributed by atoms with E-state index in [2.05, 4.69) is 25.6 Å². The summed E-state index contributed by atoms with van der Waals surface area (Å²) in [5.41, 5.74) is 0.307. The molecule has 1 aromatic rings. The zero-order chi connectivity index (χ0) is 13.4. The lowest BCUT2D eigenvalue weighted by Crippen LogP contribution is -2.29. The van der Waals surface area contributed by atoms with Crippen molar-refractivity contribution in [2.45, 2.75) is 11.7 Å². The van der Waals surface area contributed by atoms with Crippen molar-refractivity contribution in [1.82, 2.24) is 4.98 Å². The van der Waals surface area contributed by atoms with Crippen LogP contribution in [0, 0.1) is 0 Å². The molecule has 1 N–H and O–H groups in total. The van der Waals surface area contributed by atoms with Gasteiger partial charge in [0.1, 0.15) is 4.60 Å². The van der Waals surface area contributed by atoms with Crippen LogP contribution in [0.5, 0.6) is 0 Å². The molecule has 1 aromatic heterocycles. The van der Waals surface area contributed by atoms with Crippen LogP contribution in [0.25, 0.3) is 0 Å². The van der Waals surface area contributed by atoms with Gasteiger partial charge >= 0.3 is 0 Å². The fourth-order valence-electron chi connectivity index (χ4n) is 1.70. The molecule has 1 fully saturated rings. The van der Waals surface area contributed by atoms with E-state index in [0.29, 0.717) is 10.3 Å². The monoisotopic (exact) mass is 354 g/mol. The summed E-state index contributed by atoms with van der Waals surface area (Å²) in [4.78, 5) is 3.89. The van der Waals surface area contributed by atoms with Gasteiger partial charge in [0.15, 0.2) is 9.84 Å². The molecule has 6 nitrogen and oxygen atoms in total. The van der Waals surface area contributed by atoms with Crippen LogP contribution in [0.4, 0.5) is 5.69 Å². The molecule has 2 heterocycles. The van der Waals surface area contributed by atoms with Crippen molar-refractivity contribution in [3.8, 4) is 0 Å². The molecule has 0 aliphatic carbocycles. The van der Waals surface area contributed by atoms with Crippen LogP contribution in [-0.4, -0.2) is 38.6 Å². The van der Waals surface area contributed by atoms with Crippen LogP contribution < -0.4 is 4.72 Å². The zero-order valence-electron chi connectivity index (χ0n) is 9.21. The summed E-state index contributed by atoms with van der Waals surface area (Å²) in [5.74, 6) is -0.396. The lowest BCUT2D eigenvalue weighted by Gasteiger charge is -2.12. The average Bonchev–Trinajstić information content (AvgIpc) is 2.63. The summed E-state index contributed by atoms with van der Waals surface area (Å²) in [5, 5.41) is -0.894. The standard InChI is InChI=1S/C9H11BrN2O4S2/c10-9-8(2-1-4-11-9)12-18(15,16)7-3-5-17(13,14)6-7/h1-2,4,7,12H,3,5-6H2. The Labute approximate surface area is 114 Å². The van der Waals surface area contributed by atoms with Crippen molar-refractivity contribution in [3.63, 3.8) is 0 Å². The van der Waals surface area contributed by atoms with Gasteiger partial charge in [-0.1, -0.05) is 0 Å². The van der Waals surface area contributed by atoms with E-state index in [-0.39, 0.29) is 17.9 Å². The maximum absolute atomic E-state index is 12.0. The topological polar surface area (TPSA) is 93.2 Å². The first kappa shape index (κ1) is 13.8. The van der Waals surface area contributed by atoms with Gasteiger partial charge in [0, 0.05) is 6.20 Å². The predicted molar refractivity (Wildman–Crippen MR) is 71.5 cm³/mol. The Morgan fingerprint density at radius 1 is 1.44 bits per heavy atom. The second-order valence-electron chi connectivity index (χ2n) is 4.01. The first-order valence-electron chi connectivity index (χ1n) is 5.13. The number of anilines is 1. The molecule has 2 rings (SSSR count). The van der Waals surface area contributed by atoms with Crippen LogP contribution in [0.1, 0.15) is 6.42 Å². The van der Waals surface area contributed by atoms with Crippen molar-refractivity contribution in [2.75, 3.05) is 16.2 Å². The molecule has 1 unspecified atom stereocenters. The number of rotatable bonds is 3. The van der Waals surface area contributed by atoms with Crippen molar-refractivity contribution in [3.05, 3.63) is 22.9 Å². The Balaban J connectivity index is 2.21. The Bertz CT molecular complexity index is 657. The third-order valence-electron chi connectivity index (χ3n) is 2.64. The number of sulfonamides is 1. The molecule has 0 aromatic carbocycles. The van der Waals surface area contributed by atoms with E-state index in [4.69, 9.17) is 0 Å². The molecule has 1 saturated heterocycles. The number of aromatic nitrogens is 1. The largest absolute Gasteiger partial charge is 0.281 e. The van der Waals surface area contributed by atoms with E-state index in [0.717, 1.165) is 0 Å². The summed E-state index contributed by atoms with van der Waals surface area (Å²) in [7, 11) is -6.93. The van der Waals surface area contributed by atoms with E-state index in [9.17, 15) is 16.8 Å². The Kier molecular flexibility index (Phi) is 3.65. The molecule has 1 atom stereocenters. The van der Waals surface area contributed by atoms with Crippen LogP contribution in [0.15, 0.2) is 22.9 Å². The number of nitrogens with zero attached hydrogens (tertiary/aromatic N) is 1. The quantitative estimate of drug-likeness (QED) is 0.809. The van der Waals surface area contributed by atoms with Gasteiger partial charge < -0.3 is 0 Å². The summed E-state index contributed by atoms with van der Waals surface area (Å²) < 4.78 is 49.4. The summed E-state index contributed by atoms with van der Waals surface area (Å²) in [6, 6.07) is 3.14. The van der Waals surface area contributed by atoms with Gasteiger partial charge in [-0.25, -0.2) is 21.8 Å². The number of hydrogen-bond donors (Lipinski definition) is 1. The van der Waals surface area contributed by atoms with Crippen LogP contribution in [-0.2, 0) is 19.9 Å². The van der Waals surface area contributed by atoms with Crippen LogP contribution in [0.3, 0.4) is 0 Å². The van der Waals surface area contributed by atoms with E-state index in [1.807, 2.05) is 0 Å². The second kappa shape index (κ2) is 4.78. The fourth-order valence-corrected chi connectivity index (χ4v) is 6.28. The Morgan fingerprint density at radius 3 is 2.72 bits per heavy atom. The van der Waals surface area contributed by atoms with E-state index in [1.165, 1.54) is 6.20 Å². The van der Waals surface area contributed by atoms with Gasteiger partial charge in [0.25, 0.3) is 0 Å². The van der Waals surface area contributed by atoms with Crippen LogP contribution >= 0.6 is 15.9 Å². The molecular weight excluding hydrogens is 344 g/mol.